The van der Waals surface area contributed by atoms with E-state index in [0.29, 0.717) is 12.4 Å². The SMILES string of the molecule is COc1cccc2cc(CNC(C)c3ncc(C)o3)oc12. The highest BCUT2D eigenvalue weighted by molar-refractivity contribution is 5.83. The zero-order chi connectivity index (χ0) is 14.8. The second-order valence-corrected chi connectivity index (χ2v) is 5.00. The van der Waals surface area contributed by atoms with E-state index in [0.717, 1.165) is 28.2 Å². The van der Waals surface area contributed by atoms with E-state index in [1.54, 1.807) is 13.3 Å². The lowest BCUT2D eigenvalue weighted by Crippen LogP contribution is -2.17. The molecule has 0 spiro atoms. The van der Waals surface area contributed by atoms with Crippen molar-refractivity contribution in [2.24, 2.45) is 0 Å². The van der Waals surface area contributed by atoms with Crippen LogP contribution in [0.25, 0.3) is 11.0 Å². The minimum Gasteiger partial charge on any atom is -0.493 e. The van der Waals surface area contributed by atoms with Gasteiger partial charge in [-0.15, -0.1) is 0 Å². The summed E-state index contributed by atoms with van der Waals surface area (Å²) in [4.78, 5) is 4.22. The predicted molar refractivity (Wildman–Crippen MR) is 79.3 cm³/mol. The summed E-state index contributed by atoms with van der Waals surface area (Å²) >= 11 is 0. The summed E-state index contributed by atoms with van der Waals surface area (Å²) in [5.41, 5.74) is 0.774. The minimum atomic E-state index is 0.0220. The second-order valence-electron chi connectivity index (χ2n) is 5.00. The van der Waals surface area contributed by atoms with Crippen molar-refractivity contribution in [3.05, 3.63) is 47.9 Å². The number of nitrogens with zero attached hydrogens (tertiary/aromatic N) is 1. The molecule has 0 bridgehead atoms. The fraction of sp³-hybridized carbons (Fsp3) is 0.312. The van der Waals surface area contributed by atoms with Crippen LogP contribution in [0.2, 0.25) is 0 Å². The van der Waals surface area contributed by atoms with Gasteiger partial charge in [0.1, 0.15) is 11.5 Å². The molecule has 5 heteroatoms. The average molecular weight is 286 g/mol. The van der Waals surface area contributed by atoms with Gasteiger partial charge in [0.05, 0.1) is 25.9 Å². The topological polar surface area (TPSA) is 60.4 Å². The van der Waals surface area contributed by atoms with Crippen LogP contribution in [0.15, 0.2) is 39.3 Å². The number of oxazole rings is 1. The highest BCUT2D eigenvalue weighted by Crippen LogP contribution is 2.28. The van der Waals surface area contributed by atoms with E-state index in [9.17, 15) is 0 Å². The van der Waals surface area contributed by atoms with E-state index in [4.69, 9.17) is 13.6 Å². The molecule has 0 saturated carbocycles. The molecule has 1 atom stereocenters. The van der Waals surface area contributed by atoms with Gasteiger partial charge in [-0.2, -0.15) is 0 Å². The molecular weight excluding hydrogens is 268 g/mol. The number of methoxy groups -OCH3 is 1. The highest BCUT2D eigenvalue weighted by atomic mass is 16.5. The van der Waals surface area contributed by atoms with Gasteiger partial charge in [-0.25, -0.2) is 4.98 Å². The maximum atomic E-state index is 5.84. The lowest BCUT2D eigenvalue weighted by molar-refractivity contribution is 0.385. The Morgan fingerprint density at radius 3 is 2.90 bits per heavy atom. The summed E-state index contributed by atoms with van der Waals surface area (Å²) in [5, 5.41) is 4.37. The van der Waals surface area contributed by atoms with Gasteiger partial charge >= 0.3 is 0 Å². The molecule has 0 aliphatic heterocycles. The maximum Gasteiger partial charge on any atom is 0.211 e. The molecule has 21 heavy (non-hydrogen) atoms. The van der Waals surface area contributed by atoms with Crippen LogP contribution < -0.4 is 10.1 Å². The maximum absolute atomic E-state index is 5.84. The summed E-state index contributed by atoms with van der Waals surface area (Å²) in [6, 6.07) is 7.88. The number of nitrogens with one attached hydrogen (secondary N) is 1. The average Bonchev–Trinajstić information content (AvgIpc) is 3.10. The lowest BCUT2D eigenvalue weighted by atomic mass is 10.2. The Kier molecular flexibility index (Phi) is 3.66. The number of para-hydroxylation sites is 1. The molecule has 0 amide bonds. The number of rotatable bonds is 5. The Morgan fingerprint density at radius 2 is 2.19 bits per heavy atom. The minimum absolute atomic E-state index is 0.0220. The molecule has 3 rings (SSSR count). The van der Waals surface area contributed by atoms with Crippen molar-refractivity contribution < 1.29 is 13.6 Å². The Balaban J connectivity index is 1.73. The first-order chi connectivity index (χ1) is 10.2. The van der Waals surface area contributed by atoms with Crippen LogP contribution in [0.3, 0.4) is 0 Å². The monoisotopic (exact) mass is 286 g/mol. The summed E-state index contributed by atoms with van der Waals surface area (Å²) in [7, 11) is 1.64. The quantitative estimate of drug-likeness (QED) is 0.776. The van der Waals surface area contributed by atoms with Crippen molar-refractivity contribution in [1.82, 2.24) is 10.3 Å². The van der Waals surface area contributed by atoms with Gasteiger partial charge in [0, 0.05) is 5.39 Å². The van der Waals surface area contributed by atoms with E-state index >= 15 is 0 Å². The van der Waals surface area contributed by atoms with Crippen molar-refractivity contribution in [1.29, 1.82) is 0 Å². The summed E-state index contributed by atoms with van der Waals surface area (Å²) in [5.74, 6) is 3.09. The van der Waals surface area contributed by atoms with Gasteiger partial charge < -0.3 is 13.6 Å². The molecule has 1 aromatic carbocycles. The van der Waals surface area contributed by atoms with Crippen molar-refractivity contribution in [2.75, 3.05) is 7.11 Å². The summed E-state index contributed by atoms with van der Waals surface area (Å²) < 4.78 is 16.6. The fourth-order valence-corrected chi connectivity index (χ4v) is 2.25. The van der Waals surface area contributed by atoms with E-state index < -0.39 is 0 Å². The molecule has 3 aromatic rings. The Morgan fingerprint density at radius 1 is 1.33 bits per heavy atom. The molecule has 0 radical (unpaired) electrons. The van der Waals surface area contributed by atoms with Crippen LogP contribution in [0.1, 0.15) is 30.4 Å². The van der Waals surface area contributed by atoms with Crippen LogP contribution in [0.5, 0.6) is 5.75 Å². The van der Waals surface area contributed by atoms with E-state index in [-0.39, 0.29) is 6.04 Å². The van der Waals surface area contributed by atoms with Crippen molar-refractivity contribution in [2.45, 2.75) is 26.4 Å². The van der Waals surface area contributed by atoms with Crippen LogP contribution in [0, 0.1) is 6.92 Å². The zero-order valence-corrected chi connectivity index (χ0v) is 12.3. The Labute approximate surface area is 122 Å². The number of furan rings is 1. The highest BCUT2D eigenvalue weighted by Gasteiger charge is 2.13. The molecule has 0 aliphatic carbocycles. The van der Waals surface area contributed by atoms with Gasteiger partial charge in [-0.1, -0.05) is 12.1 Å². The van der Waals surface area contributed by atoms with Gasteiger partial charge in [-0.3, -0.25) is 5.32 Å². The standard InChI is InChI=1S/C16H18N2O3/c1-10-8-18-16(20-10)11(2)17-9-13-7-12-5-4-6-14(19-3)15(12)21-13/h4-8,11,17H,9H2,1-3H3. The molecule has 0 aliphatic rings. The number of fused-ring (bicyclic) bond motifs is 1. The lowest BCUT2D eigenvalue weighted by Gasteiger charge is -2.08. The van der Waals surface area contributed by atoms with Crippen LogP contribution in [-0.4, -0.2) is 12.1 Å². The smallest absolute Gasteiger partial charge is 0.211 e. The molecule has 2 aromatic heterocycles. The largest absolute Gasteiger partial charge is 0.493 e. The number of aromatic nitrogens is 1. The summed E-state index contributed by atoms with van der Waals surface area (Å²) in [6.07, 6.45) is 1.72. The number of benzene rings is 1. The van der Waals surface area contributed by atoms with Crippen molar-refractivity contribution >= 4 is 11.0 Å². The fourth-order valence-electron chi connectivity index (χ4n) is 2.25. The molecule has 5 nitrogen and oxygen atoms in total. The molecular formula is C16H18N2O3. The molecule has 0 fully saturated rings. The third-order valence-electron chi connectivity index (χ3n) is 3.37. The molecule has 0 saturated heterocycles. The third-order valence-corrected chi connectivity index (χ3v) is 3.37. The first-order valence-corrected chi connectivity index (χ1v) is 6.88. The third kappa shape index (κ3) is 2.78. The first-order valence-electron chi connectivity index (χ1n) is 6.88. The number of ether oxygens (including phenoxy) is 1. The number of hydrogen-bond donors (Lipinski definition) is 1. The van der Waals surface area contributed by atoms with Crippen molar-refractivity contribution in [3.8, 4) is 5.75 Å². The van der Waals surface area contributed by atoms with Crippen molar-refractivity contribution in [3.63, 3.8) is 0 Å². The number of hydrogen-bond acceptors (Lipinski definition) is 5. The van der Waals surface area contributed by atoms with E-state index in [1.807, 2.05) is 38.1 Å². The Bertz CT molecular complexity index is 745. The number of aryl methyl sites for hydroxylation is 1. The van der Waals surface area contributed by atoms with Gasteiger partial charge in [0.15, 0.2) is 11.3 Å². The predicted octanol–water partition coefficient (Wildman–Crippen LogP) is 3.59. The zero-order valence-electron chi connectivity index (χ0n) is 12.3. The second kappa shape index (κ2) is 5.61. The van der Waals surface area contributed by atoms with E-state index in [2.05, 4.69) is 10.3 Å². The van der Waals surface area contributed by atoms with Crippen LogP contribution in [-0.2, 0) is 6.54 Å². The van der Waals surface area contributed by atoms with Crippen LogP contribution in [0.4, 0.5) is 0 Å². The van der Waals surface area contributed by atoms with Gasteiger partial charge in [0.25, 0.3) is 0 Å². The first kappa shape index (κ1) is 13.7. The van der Waals surface area contributed by atoms with Gasteiger partial charge in [-0.05, 0) is 26.0 Å². The molecule has 2 heterocycles. The normalized spacial score (nSPS) is 12.7. The molecule has 1 N–H and O–H groups in total. The molecule has 110 valence electrons. The Hall–Kier alpha value is -2.27. The van der Waals surface area contributed by atoms with Crippen LogP contribution >= 0.6 is 0 Å². The summed E-state index contributed by atoms with van der Waals surface area (Å²) in [6.45, 7) is 4.49. The van der Waals surface area contributed by atoms with Gasteiger partial charge in [0.2, 0.25) is 5.89 Å². The molecule has 1 unspecified atom stereocenters. The van der Waals surface area contributed by atoms with E-state index in [1.165, 1.54) is 0 Å².